The fraction of sp³-hybridized carbons (Fsp3) is 0.316. The van der Waals surface area contributed by atoms with Gasteiger partial charge < -0.3 is 5.32 Å². The molecular formula is C19H22N4O2. The van der Waals surface area contributed by atoms with Gasteiger partial charge in [0.05, 0.1) is 0 Å². The van der Waals surface area contributed by atoms with Gasteiger partial charge in [0.15, 0.2) is 5.65 Å². The SMILES string of the molecule is Cc1cccc(CCC(=O)NCCCn2nc3ccccn3c2=O)c1. The first-order chi connectivity index (χ1) is 12.1. The number of amides is 1. The summed E-state index contributed by atoms with van der Waals surface area (Å²) in [6.07, 6.45) is 3.57. The number of carbonyl (C=O) groups is 1. The van der Waals surface area contributed by atoms with Gasteiger partial charge in [0.1, 0.15) is 0 Å². The van der Waals surface area contributed by atoms with E-state index < -0.39 is 0 Å². The summed E-state index contributed by atoms with van der Waals surface area (Å²) < 4.78 is 2.95. The van der Waals surface area contributed by atoms with Crippen LogP contribution in [0.4, 0.5) is 0 Å². The van der Waals surface area contributed by atoms with Crippen molar-refractivity contribution in [3.63, 3.8) is 0 Å². The maximum Gasteiger partial charge on any atom is 0.350 e. The van der Waals surface area contributed by atoms with Crippen LogP contribution in [0.3, 0.4) is 0 Å². The van der Waals surface area contributed by atoms with Crippen LogP contribution >= 0.6 is 0 Å². The molecule has 0 atom stereocenters. The number of aromatic nitrogens is 3. The number of nitrogens with one attached hydrogen (secondary N) is 1. The monoisotopic (exact) mass is 338 g/mol. The highest BCUT2D eigenvalue weighted by Gasteiger charge is 2.06. The highest BCUT2D eigenvalue weighted by molar-refractivity contribution is 5.76. The van der Waals surface area contributed by atoms with Crippen molar-refractivity contribution < 1.29 is 4.79 Å². The van der Waals surface area contributed by atoms with Crippen LogP contribution in [-0.2, 0) is 17.8 Å². The molecule has 3 rings (SSSR count). The van der Waals surface area contributed by atoms with E-state index in [-0.39, 0.29) is 11.6 Å². The Morgan fingerprint density at radius 1 is 1.20 bits per heavy atom. The molecule has 2 heterocycles. The molecule has 0 unspecified atom stereocenters. The molecule has 130 valence electrons. The van der Waals surface area contributed by atoms with Crippen molar-refractivity contribution in [1.82, 2.24) is 19.5 Å². The molecule has 0 saturated heterocycles. The van der Waals surface area contributed by atoms with Gasteiger partial charge in [0, 0.05) is 25.7 Å². The van der Waals surface area contributed by atoms with Crippen LogP contribution < -0.4 is 11.0 Å². The second kappa shape index (κ2) is 7.79. The van der Waals surface area contributed by atoms with Gasteiger partial charge in [-0.2, -0.15) is 0 Å². The van der Waals surface area contributed by atoms with Gasteiger partial charge in [0.2, 0.25) is 5.91 Å². The van der Waals surface area contributed by atoms with E-state index in [1.165, 1.54) is 20.2 Å². The number of benzene rings is 1. The van der Waals surface area contributed by atoms with Crippen molar-refractivity contribution in [3.8, 4) is 0 Å². The van der Waals surface area contributed by atoms with Crippen molar-refractivity contribution in [3.05, 3.63) is 70.3 Å². The minimum absolute atomic E-state index is 0.0313. The summed E-state index contributed by atoms with van der Waals surface area (Å²) in [5.74, 6) is 0.0313. The number of pyridine rings is 1. The first-order valence-corrected chi connectivity index (χ1v) is 8.50. The van der Waals surface area contributed by atoms with Crippen molar-refractivity contribution in [2.45, 2.75) is 32.7 Å². The molecule has 1 N–H and O–H groups in total. The van der Waals surface area contributed by atoms with Gasteiger partial charge in [0.25, 0.3) is 0 Å². The van der Waals surface area contributed by atoms with Crippen LogP contribution in [0.5, 0.6) is 0 Å². The Bertz CT molecular complexity index is 926. The third-order valence-corrected chi connectivity index (χ3v) is 4.08. The molecule has 0 saturated carbocycles. The molecule has 0 radical (unpaired) electrons. The summed E-state index contributed by atoms with van der Waals surface area (Å²) >= 11 is 0. The number of hydrogen-bond donors (Lipinski definition) is 1. The van der Waals surface area contributed by atoms with Gasteiger partial charge in [-0.1, -0.05) is 35.9 Å². The molecular weight excluding hydrogens is 316 g/mol. The van der Waals surface area contributed by atoms with E-state index in [9.17, 15) is 9.59 Å². The maximum absolute atomic E-state index is 12.1. The molecule has 6 heteroatoms. The summed E-state index contributed by atoms with van der Waals surface area (Å²) in [5.41, 5.74) is 2.86. The molecule has 0 fully saturated rings. The number of carbonyl (C=O) groups excluding carboxylic acids is 1. The molecule has 0 spiro atoms. The van der Waals surface area contributed by atoms with Gasteiger partial charge in [-0.25, -0.2) is 9.48 Å². The molecule has 2 aromatic heterocycles. The van der Waals surface area contributed by atoms with Gasteiger partial charge in [-0.15, -0.1) is 5.10 Å². The number of aryl methyl sites for hydroxylation is 3. The lowest BCUT2D eigenvalue weighted by Crippen LogP contribution is -2.27. The standard InChI is InChI=1S/C19H22N4O2/c1-15-6-4-7-16(14-15)9-10-18(24)20-11-5-13-23-19(25)22-12-3-2-8-17(22)21-23/h2-4,6-8,12,14H,5,9-11,13H2,1H3,(H,20,24). The van der Waals surface area contributed by atoms with Crippen molar-refractivity contribution >= 4 is 11.6 Å². The normalized spacial score (nSPS) is 10.9. The lowest BCUT2D eigenvalue weighted by atomic mass is 10.1. The van der Waals surface area contributed by atoms with E-state index in [4.69, 9.17) is 0 Å². The lowest BCUT2D eigenvalue weighted by Gasteiger charge is -2.05. The molecule has 1 amide bonds. The minimum atomic E-state index is -0.152. The predicted molar refractivity (Wildman–Crippen MR) is 96.6 cm³/mol. The number of hydrogen-bond acceptors (Lipinski definition) is 3. The van der Waals surface area contributed by atoms with Crippen molar-refractivity contribution in [2.24, 2.45) is 0 Å². The van der Waals surface area contributed by atoms with Crippen LogP contribution in [0.1, 0.15) is 24.0 Å². The lowest BCUT2D eigenvalue weighted by molar-refractivity contribution is -0.121. The highest BCUT2D eigenvalue weighted by Crippen LogP contribution is 2.06. The zero-order chi connectivity index (χ0) is 17.6. The van der Waals surface area contributed by atoms with Gasteiger partial charge in [-0.3, -0.25) is 9.20 Å². The van der Waals surface area contributed by atoms with E-state index in [1.807, 2.05) is 31.2 Å². The van der Waals surface area contributed by atoms with E-state index >= 15 is 0 Å². The topological polar surface area (TPSA) is 68.4 Å². The first kappa shape index (κ1) is 17.0. The smallest absolute Gasteiger partial charge is 0.350 e. The molecule has 6 nitrogen and oxygen atoms in total. The number of rotatable bonds is 7. The van der Waals surface area contributed by atoms with Crippen LogP contribution in [0.25, 0.3) is 5.65 Å². The average Bonchev–Trinajstić information content (AvgIpc) is 2.93. The van der Waals surface area contributed by atoms with Crippen molar-refractivity contribution in [1.29, 1.82) is 0 Å². The maximum atomic E-state index is 12.1. The fourth-order valence-electron chi connectivity index (χ4n) is 2.78. The van der Waals surface area contributed by atoms with Crippen LogP contribution in [0, 0.1) is 6.92 Å². The third-order valence-electron chi connectivity index (χ3n) is 4.08. The number of nitrogens with zero attached hydrogens (tertiary/aromatic N) is 3. The van der Waals surface area contributed by atoms with Crippen LogP contribution in [-0.4, -0.2) is 26.6 Å². The zero-order valence-electron chi connectivity index (χ0n) is 14.3. The molecule has 0 aliphatic rings. The van der Waals surface area contributed by atoms with Crippen LogP contribution in [0.15, 0.2) is 53.5 Å². The Hall–Kier alpha value is -2.89. The Balaban J connectivity index is 1.42. The average molecular weight is 338 g/mol. The largest absolute Gasteiger partial charge is 0.356 e. The first-order valence-electron chi connectivity index (χ1n) is 8.50. The fourth-order valence-corrected chi connectivity index (χ4v) is 2.78. The summed E-state index contributed by atoms with van der Waals surface area (Å²) in [4.78, 5) is 24.0. The Labute approximate surface area is 146 Å². The zero-order valence-corrected chi connectivity index (χ0v) is 14.3. The van der Waals surface area contributed by atoms with E-state index in [1.54, 1.807) is 18.3 Å². The Morgan fingerprint density at radius 3 is 2.88 bits per heavy atom. The summed E-state index contributed by atoms with van der Waals surface area (Å²) in [6.45, 7) is 3.07. The van der Waals surface area contributed by atoms with E-state index in [0.29, 0.717) is 31.6 Å². The van der Waals surface area contributed by atoms with Crippen LogP contribution in [0.2, 0.25) is 0 Å². The Kier molecular flexibility index (Phi) is 5.28. The summed E-state index contributed by atoms with van der Waals surface area (Å²) in [5, 5.41) is 7.17. The summed E-state index contributed by atoms with van der Waals surface area (Å²) in [7, 11) is 0. The van der Waals surface area contributed by atoms with Crippen molar-refractivity contribution in [2.75, 3.05) is 6.54 Å². The number of fused-ring (bicyclic) bond motifs is 1. The molecule has 25 heavy (non-hydrogen) atoms. The molecule has 0 aliphatic heterocycles. The molecule has 1 aromatic carbocycles. The quantitative estimate of drug-likeness (QED) is 0.670. The second-order valence-electron chi connectivity index (χ2n) is 6.13. The van der Waals surface area contributed by atoms with Gasteiger partial charge >= 0.3 is 5.69 Å². The van der Waals surface area contributed by atoms with E-state index in [0.717, 1.165) is 6.42 Å². The van der Waals surface area contributed by atoms with Gasteiger partial charge in [-0.05, 0) is 37.5 Å². The Morgan fingerprint density at radius 2 is 2.08 bits per heavy atom. The molecule has 0 aliphatic carbocycles. The highest BCUT2D eigenvalue weighted by atomic mass is 16.2. The molecule has 0 bridgehead atoms. The summed E-state index contributed by atoms with van der Waals surface area (Å²) in [6, 6.07) is 13.6. The third kappa shape index (κ3) is 4.35. The molecule has 3 aromatic rings. The second-order valence-corrected chi connectivity index (χ2v) is 6.13. The predicted octanol–water partition coefficient (Wildman–Crippen LogP) is 1.94. The van der Waals surface area contributed by atoms with E-state index in [2.05, 4.69) is 16.5 Å². The minimum Gasteiger partial charge on any atom is -0.356 e.